The van der Waals surface area contributed by atoms with Crippen LogP contribution < -0.4 is 5.32 Å². The zero-order chi connectivity index (χ0) is 16.2. The fourth-order valence-electron chi connectivity index (χ4n) is 3.13. The first-order chi connectivity index (χ1) is 11.2. The quantitative estimate of drug-likeness (QED) is 0.914. The molecular formula is C18H22ClN3O. The van der Waals surface area contributed by atoms with Gasteiger partial charge < -0.3 is 9.88 Å². The molecule has 2 aromatic rings. The largest absolute Gasteiger partial charge is 0.355 e. The molecule has 0 saturated heterocycles. The number of carbonyl (C=O) groups is 1. The number of hydrogen-bond donors (Lipinski definition) is 1. The van der Waals surface area contributed by atoms with Gasteiger partial charge in [0.25, 0.3) is 0 Å². The molecule has 2 heterocycles. The lowest BCUT2D eigenvalue weighted by Crippen LogP contribution is -2.44. The highest BCUT2D eigenvalue weighted by Crippen LogP contribution is 2.32. The Labute approximate surface area is 142 Å². The van der Waals surface area contributed by atoms with Crippen LogP contribution in [0.4, 0.5) is 0 Å². The van der Waals surface area contributed by atoms with Gasteiger partial charge in [0, 0.05) is 36.5 Å². The Hall–Kier alpha value is -1.78. The average Bonchev–Trinajstić information content (AvgIpc) is 3.02. The fraction of sp³-hybridized carbons (Fsp3) is 0.389. The van der Waals surface area contributed by atoms with Crippen LogP contribution in [-0.2, 0) is 11.3 Å². The monoisotopic (exact) mass is 331 g/mol. The van der Waals surface area contributed by atoms with E-state index in [-0.39, 0.29) is 11.9 Å². The summed E-state index contributed by atoms with van der Waals surface area (Å²) < 4.78 is 2.26. The first-order valence-electron chi connectivity index (χ1n) is 8.10. The smallest absolute Gasteiger partial charge is 0.234 e. The minimum absolute atomic E-state index is 0.0865. The highest BCUT2D eigenvalue weighted by molar-refractivity contribution is 6.30. The zero-order valence-corrected chi connectivity index (χ0v) is 14.1. The van der Waals surface area contributed by atoms with Crippen LogP contribution in [0.2, 0.25) is 5.02 Å². The highest BCUT2D eigenvalue weighted by atomic mass is 35.5. The summed E-state index contributed by atoms with van der Waals surface area (Å²) >= 11 is 6.02. The van der Waals surface area contributed by atoms with Crippen molar-refractivity contribution in [1.29, 1.82) is 0 Å². The van der Waals surface area contributed by atoms with Gasteiger partial charge >= 0.3 is 0 Å². The van der Waals surface area contributed by atoms with Crippen molar-refractivity contribution in [3.63, 3.8) is 0 Å². The molecule has 0 fully saturated rings. The molecule has 1 aromatic heterocycles. The van der Waals surface area contributed by atoms with E-state index in [0.29, 0.717) is 6.54 Å². The van der Waals surface area contributed by atoms with Gasteiger partial charge in [-0.3, -0.25) is 9.69 Å². The molecule has 3 rings (SSSR count). The molecule has 1 amide bonds. The molecule has 0 saturated carbocycles. The third kappa shape index (κ3) is 3.59. The van der Waals surface area contributed by atoms with E-state index in [1.165, 1.54) is 5.69 Å². The van der Waals surface area contributed by atoms with E-state index in [1.807, 2.05) is 24.3 Å². The van der Waals surface area contributed by atoms with E-state index in [1.54, 1.807) is 0 Å². The molecule has 122 valence electrons. The zero-order valence-electron chi connectivity index (χ0n) is 13.3. The number of halogens is 1. The van der Waals surface area contributed by atoms with Crippen LogP contribution in [0.5, 0.6) is 0 Å². The molecule has 0 bridgehead atoms. The second-order valence-corrected chi connectivity index (χ2v) is 6.34. The van der Waals surface area contributed by atoms with Gasteiger partial charge in [-0.1, -0.05) is 30.7 Å². The summed E-state index contributed by atoms with van der Waals surface area (Å²) in [6, 6.07) is 12.2. The standard InChI is InChI=1S/C18H22ClN3O/c1-2-9-20-17(23)13-22-12-11-21-10-3-4-16(21)18(22)14-5-7-15(19)8-6-14/h3-8,10,18H,2,9,11-13H2,1H3,(H,20,23)/t18-/m1/s1. The van der Waals surface area contributed by atoms with Crippen LogP contribution >= 0.6 is 11.6 Å². The number of hydrogen-bond acceptors (Lipinski definition) is 2. The molecule has 23 heavy (non-hydrogen) atoms. The van der Waals surface area contributed by atoms with Crippen molar-refractivity contribution >= 4 is 17.5 Å². The van der Waals surface area contributed by atoms with Crippen LogP contribution in [0.15, 0.2) is 42.6 Å². The number of rotatable bonds is 5. The van der Waals surface area contributed by atoms with Crippen molar-refractivity contribution in [3.8, 4) is 0 Å². The number of carbonyl (C=O) groups excluding carboxylic acids is 1. The predicted molar refractivity (Wildman–Crippen MR) is 92.6 cm³/mol. The van der Waals surface area contributed by atoms with Crippen molar-refractivity contribution in [3.05, 3.63) is 58.9 Å². The molecule has 1 aliphatic rings. The first-order valence-corrected chi connectivity index (χ1v) is 8.48. The number of benzene rings is 1. The SMILES string of the molecule is CCCNC(=O)CN1CCn2cccc2[C@H]1c1ccc(Cl)cc1. The highest BCUT2D eigenvalue weighted by Gasteiger charge is 2.29. The lowest BCUT2D eigenvalue weighted by Gasteiger charge is -2.36. The van der Waals surface area contributed by atoms with Crippen molar-refractivity contribution < 1.29 is 4.79 Å². The van der Waals surface area contributed by atoms with Gasteiger partial charge in [0.2, 0.25) is 5.91 Å². The van der Waals surface area contributed by atoms with E-state index >= 15 is 0 Å². The van der Waals surface area contributed by atoms with Crippen LogP contribution in [0.1, 0.15) is 30.6 Å². The van der Waals surface area contributed by atoms with Crippen molar-refractivity contribution in [2.45, 2.75) is 25.9 Å². The van der Waals surface area contributed by atoms with E-state index in [4.69, 9.17) is 11.6 Å². The topological polar surface area (TPSA) is 37.3 Å². The molecule has 1 aliphatic heterocycles. The van der Waals surface area contributed by atoms with Crippen molar-refractivity contribution in [2.24, 2.45) is 0 Å². The van der Waals surface area contributed by atoms with E-state index in [2.05, 4.69) is 40.0 Å². The molecule has 0 radical (unpaired) electrons. The van der Waals surface area contributed by atoms with Gasteiger partial charge in [0.15, 0.2) is 0 Å². The van der Waals surface area contributed by atoms with E-state index < -0.39 is 0 Å². The summed E-state index contributed by atoms with van der Waals surface area (Å²) in [5.41, 5.74) is 2.39. The minimum atomic E-state index is 0.0865. The first kappa shape index (κ1) is 16.1. The number of aromatic nitrogens is 1. The lowest BCUT2D eigenvalue weighted by molar-refractivity contribution is -0.122. The van der Waals surface area contributed by atoms with Gasteiger partial charge in [-0.25, -0.2) is 0 Å². The predicted octanol–water partition coefficient (Wildman–Crippen LogP) is 3.07. The molecule has 0 aliphatic carbocycles. The van der Waals surface area contributed by atoms with E-state index in [0.717, 1.165) is 36.6 Å². The minimum Gasteiger partial charge on any atom is -0.355 e. The molecule has 1 aromatic carbocycles. The van der Waals surface area contributed by atoms with Crippen molar-refractivity contribution in [2.75, 3.05) is 19.6 Å². The van der Waals surface area contributed by atoms with Gasteiger partial charge in [0.05, 0.1) is 12.6 Å². The second kappa shape index (κ2) is 7.20. The number of nitrogens with one attached hydrogen (secondary N) is 1. The average molecular weight is 332 g/mol. The summed E-state index contributed by atoms with van der Waals surface area (Å²) in [4.78, 5) is 14.4. The van der Waals surface area contributed by atoms with Gasteiger partial charge in [-0.05, 0) is 36.2 Å². The molecule has 4 nitrogen and oxygen atoms in total. The van der Waals surface area contributed by atoms with Gasteiger partial charge in [0.1, 0.15) is 0 Å². The third-order valence-electron chi connectivity index (χ3n) is 4.24. The molecular weight excluding hydrogens is 310 g/mol. The van der Waals surface area contributed by atoms with Gasteiger partial charge in [-0.15, -0.1) is 0 Å². The van der Waals surface area contributed by atoms with Crippen LogP contribution in [0, 0.1) is 0 Å². The van der Waals surface area contributed by atoms with Crippen molar-refractivity contribution in [1.82, 2.24) is 14.8 Å². The molecule has 1 atom stereocenters. The summed E-state index contributed by atoms with van der Waals surface area (Å²) in [6.07, 6.45) is 3.06. The van der Waals surface area contributed by atoms with Gasteiger partial charge in [-0.2, -0.15) is 0 Å². The number of nitrogens with zero attached hydrogens (tertiary/aromatic N) is 2. The molecule has 0 unspecified atom stereocenters. The van der Waals surface area contributed by atoms with E-state index in [9.17, 15) is 4.79 Å². The Morgan fingerprint density at radius 2 is 2.04 bits per heavy atom. The van der Waals surface area contributed by atoms with Crippen LogP contribution in [0.3, 0.4) is 0 Å². The molecule has 1 N–H and O–H groups in total. The second-order valence-electron chi connectivity index (χ2n) is 5.90. The normalized spacial score (nSPS) is 17.7. The third-order valence-corrected chi connectivity index (χ3v) is 4.49. The summed E-state index contributed by atoms with van der Waals surface area (Å²) in [6.45, 7) is 4.97. The number of fused-ring (bicyclic) bond motifs is 1. The fourth-order valence-corrected chi connectivity index (χ4v) is 3.26. The number of amides is 1. The Bertz CT molecular complexity index is 665. The maximum absolute atomic E-state index is 12.2. The Kier molecular flexibility index (Phi) is 5.03. The van der Waals surface area contributed by atoms with Crippen LogP contribution in [-0.4, -0.2) is 35.0 Å². The molecule has 5 heteroatoms. The Morgan fingerprint density at radius 1 is 1.26 bits per heavy atom. The van der Waals surface area contributed by atoms with Crippen LogP contribution in [0.25, 0.3) is 0 Å². The summed E-state index contributed by atoms with van der Waals surface area (Å²) in [5.74, 6) is 0.0887. The Balaban J connectivity index is 1.86. The lowest BCUT2D eigenvalue weighted by atomic mass is 10.00. The summed E-state index contributed by atoms with van der Waals surface area (Å²) in [5, 5.41) is 3.70. The Morgan fingerprint density at radius 3 is 2.78 bits per heavy atom. The molecule has 0 spiro atoms. The maximum atomic E-state index is 12.2. The summed E-state index contributed by atoms with van der Waals surface area (Å²) in [7, 11) is 0. The maximum Gasteiger partial charge on any atom is 0.234 e.